The average molecular weight is 409 g/mol. The summed E-state index contributed by atoms with van der Waals surface area (Å²) < 4.78 is 7.64. The maximum absolute atomic E-state index is 9.46. The van der Waals surface area contributed by atoms with Crippen molar-refractivity contribution in [2.75, 3.05) is 7.11 Å². The molecule has 0 aliphatic rings. The van der Waals surface area contributed by atoms with Crippen molar-refractivity contribution in [3.63, 3.8) is 0 Å². The number of nitrogens with one attached hydrogen (secondary N) is 1. The smallest absolute Gasteiger partial charge is 0.123 e. The van der Waals surface area contributed by atoms with Gasteiger partial charge in [-0.2, -0.15) is 10.4 Å². The van der Waals surface area contributed by atoms with Crippen molar-refractivity contribution < 1.29 is 4.74 Å². The molecule has 0 spiro atoms. The van der Waals surface area contributed by atoms with Crippen LogP contribution in [0.15, 0.2) is 77.9 Å². The molecule has 1 heterocycles. The predicted octanol–water partition coefficient (Wildman–Crippen LogP) is 5.00. The number of methoxy groups -OCH3 is 1. The van der Waals surface area contributed by atoms with Crippen LogP contribution in [-0.4, -0.2) is 17.9 Å². The maximum Gasteiger partial charge on any atom is 0.123 e. The predicted molar refractivity (Wildman–Crippen MR) is 124 cm³/mol. The number of nitriles is 1. The van der Waals surface area contributed by atoms with E-state index < -0.39 is 0 Å². The van der Waals surface area contributed by atoms with Gasteiger partial charge in [0.25, 0.3) is 0 Å². The highest BCUT2D eigenvalue weighted by molar-refractivity contribution is 6.01. The minimum Gasteiger partial charge on any atom is -0.496 e. The third kappa shape index (κ3) is 4.15. The molecule has 0 radical (unpaired) electrons. The van der Waals surface area contributed by atoms with Crippen LogP contribution >= 0.6 is 0 Å². The van der Waals surface area contributed by atoms with E-state index in [0.29, 0.717) is 18.7 Å². The Balaban J connectivity index is 1.62. The summed E-state index contributed by atoms with van der Waals surface area (Å²) in [6.45, 7) is 3.31. The van der Waals surface area contributed by atoms with Gasteiger partial charge in [0.1, 0.15) is 5.75 Å². The molecule has 154 valence electrons. The molecule has 5 heteroatoms. The molecule has 3 aromatic carbocycles. The number of hydrazone groups is 1. The monoisotopic (exact) mass is 408 g/mol. The summed E-state index contributed by atoms with van der Waals surface area (Å²) in [4.78, 5) is 0. The van der Waals surface area contributed by atoms with Gasteiger partial charge in [0.05, 0.1) is 31.5 Å². The van der Waals surface area contributed by atoms with Crippen molar-refractivity contribution in [3.8, 4) is 11.8 Å². The summed E-state index contributed by atoms with van der Waals surface area (Å²) in [5.41, 5.74) is 9.19. The first-order valence-corrected chi connectivity index (χ1v) is 10.2. The fourth-order valence-corrected chi connectivity index (χ4v) is 3.85. The van der Waals surface area contributed by atoms with Crippen LogP contribution in [0.3, 0.4) is 0 Å². The molecule has 4 rings (SSSR count). The first-order valence-electron chi connectivity index (χ1n) is 10.2. The van der Waals surface area contributed by atoms with E-state index in [4.69, 9.17) is 4.74 Å². The van der Waals surface area contributed by atoms with Crippen molar-refractivity contribution in [1.29, 1.82) is 5.26 Å². The van der Waals surface area contributed by atoms with Crippen LogP contribution in [-0.2, 0) is 13.1 Å². The topological polar surface area (TPSA) is 62.3 Å². The first-order chi connectivity index (χ1) is 15.2. The Labute approximate surface area is 182 Å². The number of hydrogen-bond acceptors (Lipinski definition) is 4. The fraction of sp³-hybridized carbons (Fsp3) is 0.154. The van der Waals surface area contributed by atoms with Crippen molar-refractivity contribution in [3.05, 3.63) is 101 Å². The number of para-hydroxylation sites is 2. The van der Waals surface area contributed by atoms with Gasteiger partial charge in [0.15, 0.2) is 0 Å². The van der Waals surface area contributed by atoms with Crippen molar-refractivity contribution in [2.45, 2.75) is 20.0 Å². The standard InChI is InChI=1S/C26H24N4O/c1-19-24(17-29-28-16-21-10-5-8-14-26(21)31-2)23-12-6-7-13-25(23)30(19)18-22-11-4-3-9-20(22)15-27/h3-14,17,28H,16,18H2,1-2H3/b29-17+. The molecule has 1 aromatic heterocycles. The molecule has 0 aliphatic carbocycles. The molecular formula is C26H24N4O. The lowest BCUT2D eigenvalue weighted by atomic mass is 10.1. The lowest BCUT2D eigenvalue weighted by Crippen LogP contribution is -2.07. The molecule has 0 fully saturated rings. The third-order valence-electron chi connectivity index (χ3n) is 5.49. The zero-order valence-electron chi connectivity index (χ0n) is 17.7. The van der Waals surface area contributed by atoms with Crippen molar-refractivity contribution in [2.24, 2.45) is 5.10 Å². The molecular weight excluding hydrogens is 384 g/mol. The Bertz CT molecular complexity index is 1280. The van der Waals surface area contributed by atoms with Gasteiger partial charge in [-0.3, -0.25) is 0 Å². The Kier molecular flexibility index (Phi) is 6.00. The van der Waals surface area contributed by atoms with E-state index in [-0.39, 0.29) is 0 Å². The SMILES string of the molecule is COc1ccccc1CN/N=C/c1c(C)n(Cc2ccccc2C#N)c2ccccc12. The van der Waals surface area contributed by atoms with Crippen LogP contribution in [0.2, 0.25) is 0 Å². The van der Waals surface area contributed by atoms with Gasteiger partial charge in [0, 0.05) is 34.3 Å². The van der Waals surface area contributed by atoms with E-state index >= 15 is 0 Å². The van der Waals surface area contributed by atoms with Crippen molar-refractivity contribution >= 4 is 17.1 Å². The van der Waals surface area contributed by atoms with E-state index in [1.807, 2.05) is 66.9 Å². The molecule has 4 aromatic rings. The van der Waals surface area contributed by atoms with Gasteiger partial charge in [-0.1, -0.05) is 54.6 Å². The summed E-state index contributed by atoms with van der Waals surface area (Å²) in [6.07, 6.45) is 1.87. The molecule has 0 unspecified atom stereocenters. The average Bonchev–Trinajstić information content (AvgIpc) is 3.08. The lowest BCUT2D eigenvalue weighted by molar-refractivity contribution is 0.408. The Morgan fingerprint density at radius 2 is 1.71 bits per heavy atom. The molecule has 1 N–H and O–H groups in total. The van der Waals surface area contributed by atoms with Gasteiger partial charge >= 0.3 is 0 Å². The van der Waals surface area contributed by atoms with E-state index in [1.54, 1.807) is 7.11 Å². The highest BCUT2D eigenvalue weighted by Crippen LogP contribution is 2.26. The minimum atomic E-state index is 0.577. The third-order valence-corrected chi connectivity index (χ3v) is 5.49. The quantitative estimate of drug-likeness (QED) is 0.346. The maximum atomic E-state index is 9.46. The highest BCUT2D eigenvalue weighted by atomic mass is 16.5. The van der Waals surface area contributed by atoms with Crippen LogP contribution in [0, 0.1) is 18.3 Å². The summed E-state index contributed by atoms with van der Waals surface area (Å²) in [5.74, 6) is 0.842. The van der Waals surface area contributed by atoms with Gasteiger partial charge in [-0.15, -0.1) is 0 Å². The van der Waals surface area contributed by atoms with Crippen LogP contribution in [0.25, 0.3) is 10.9 Å². The second-order valence-electron chi connectivity index (χ2n) is 7.28. The van der Waals surface area contributed by atoms with Crippen LogP contribution < -0.4 is 10.2 Å². The Hall–Kier alpha value is -4.04. The number of benzene rings is 3. The second-order valence-corrected chi connectivity index (χ2v) is 7.28. The summed E-state index contributed by atoms with van der Waals surface area (Å²) in [7, 11) is 1.67. The lowest BCUT2D eigenvalue weighted by Gasteiger charge is -2.10. The van der Waals surface area contributed by atoms with Crippen LogP contribution in [0.4, 0.5) is 0 Å². The van der Waals surface area contributed by atoms with Gasteiger partial charge < -0.3 is 14.7 Å². The van der Waals surface area contributed by atoms with E-state index in [9.17, 15) is 5.26 Å². The Morgan fingerprint density at radius 1 is 1.00 bits per heavy atom. The van der Waals surface area contributed by atoms with E-state index in [0.717, 1.165) is 39.0 Å². The molecule has 0 atom stereocenters. The Morgan fingerprint density at radius 3 is 2.52 bits per heavy atom. The summed E-state index contributed by atoms with van der Waals surface area (Å²) in [5, 5.41) is 15.1. The number of aromatic nitrogens is 1. The van der Waals surface area contributed by atoms with Gasteiger partial charge in [-0.25, -0.2) is 0 Å². The van der Waals surface area contributed by atoms with Gasteiger partial charge in [0.2, 0.25) is 0 Å². The minimum absolute atomic E-state index is 0.577. The number of hydrogen-bond donors (Lipinski definition) is 1. The highest BCUT2D eigenvalue weighted by Gasteiger charge is 2.14. The second kappa shape index (κ2) is 9.19. The number of fused-ring (bicyclic) bond motifs is 1. The van der Waals surface area contributed by atoms with E-state index in [1.165, 1.54) is 0 Å². The summed E-state index contributed by atoms with van der Waals surface area (Å²) in [6, 6.07) is 26.2. The molecule has 31 heavy (non-hydrogen) atoms. The molecule has 0 bridgehead atoms. The molecule has 0 aliphatic heterocycles. The molecule has 0 saturated carbocycles. The summed E-state index contributed by atoms with van der Waals surface area (Å²) >= 11 is 0. The molecule has 0 amide bonds. The number of ether oxygens (including phenoxy) is 1. The van der Waals surface area contributed by atoms with Crippen molar-refractivity contribution in [1.82, 2.24) is 9.99 Å². The first kappa shape index (κ1) is 20.2. The van der Waals surface area contributed by atoms with E-state index in [2.05, 4.69) is 40.2 Å². The van der Waals surface area contributed by atoms with Crippen LogP contribution in [0.1, 0.15) is 27.9 Å². The molecule has 0 saturated heterocycles. The number of nitrogens with zero attached hydrogens (tertiary/aromatic N) is 3. The molecule has 5 nitrogen and oxygen atoms in total. The number of rotatable bonds is 7. The largest absolute Gasteiger partial charge is 0.496 e. The van der Waals surface area contributed by atoms with Crippen LogP contribution in [0.5, 0.6) is 5.75 Å². The van der Waals surface area contributed by atoms with Gasteiger partial charge in [-0.05, 0) is 30.7 Å². The zero-order chi connectivity index (χ0) is 21.6. The normalized spacial score (nSPS) is 11.0. The fourth-order valence-electron chi connectivity index (χ4n) is 3.85. The zero-order valence-corrected chi connectivity index (χ0v) is 17.7.